The van der Waals surface area contributed by atoms with E-state index < -0.39 is 45.8 Å². The van der Waals surface area contributed by atoms with Gasteiger partial charge in [0.25, 0.3) is 5.91 Å². The molecule has 172 valence electrons. The number of hydrogen-bond acceptors (Lipinski definition) is 8. The molecule has 13 heteroatoms. The number of nitrogens with one attached hydrogen (secondary N) is 1. The van der Waals surface area contributed by atoms with Gasteiger partial charge < -0.3 is 20.3 Å². The van der Waals surface area contributed by atoms with Gasteiger partial charge in [-0.15, -0.1) is 11.3 Å². The van der Waals surface area contributed by atoms with Crippen LogP contribution in [0, 0.1) is 11.6 Å². The zero-order valence-corrected chi connectivity index (χ0v) is 18.6. The zero-order valence-electron chi connectivity index (χ0n) is 16.9. The average Bonchev–Trinajstić information content (AvgIpc) is 3.15. The number of anilines is 1. The Morgan fingerprint density at radius 2 is 1.90 bits per heavy atom. The molecule has 0 aliphatic rings. The van der Waals surface area contributed by atoms with Crippen molar-refractivity contribution in [2.24, 2.45) is 0 Å². The first-order chi connectivity index (χ1) is 14.4. The number of aliphatic hydroxyl groups is 2. The standard InChI is InChI=1S/C18H23F2N3O6S2/c1-23(31(3,27)28)18-22-14(9-30-18)17(26)21-13(16(25)15(24)8-29-2)6-10-4-11(19)7-12(20)5-10/h4-5,7,9,13,15-16,24-25H,6,8H2,1-3H3,(H,21,26). The largest absolute Gasteiger partial charge is 0.388 e. The minimum atomic E-state index is -3.58. The molecule has 0 spiro atoms. The van der Waals surface area contributed by atoms with Crippen molar-refractivity contribution in [2.75, 3.05) is 31.3 Å². The summed E-state index contributed by atoms with van der Waals surface area (Å²) in [6.07, 6.45) is -2.15. The lowest BCUT2D eigenvalue weighted by Gasteiger charge is -2.27. The molecule has 3 atom stereocenters. The molecule has 2 rings (SSSR count). The molecule has 1 aromatic heterocycles. The fraction of sp³-hybridized carbons (Fsp3) is 0.444. The molecule has 0 radical (unpaired) electrons. The summed E-state index contributed by atoms with van der Waals surface area (Å²) < 4.78 is 56.0. The van der Waals surface area contributed by atoms with E-state index >= 15 is 0 Å². The van der Waals surface area contributed by atoms with E-state index in [1.54, 1.807) is 0 Å². The molecule has 0 aliphatic heterocycles. The van der Waals surface area contributed by atoms with Gasteiger partial charge in [-0.05, 0) is 24.1 Å². The highest BCUT2D eigenvalue weighted by Gasteiger charge is 2.29. The Hall–Kier alpha value is -2.19. The van der Waals surface area contributed by atoms with Crippen molar-refractivity contribution in [1.29, 1.82) is 0 Å². The van der Waals surface area contributed by atoms with Crippen LogP contribution in [0.15, 0.2) is 23.6 Å². The fourth-order valence-corrected chi connectivity index (χ4v) is 4.21. The van der Waals surface area contributed by atoms with Crippen molar-refractivity contribution in [3.8, 4) is 0 Å². The van der Waals surface area contributed by atoms with E-state index in [-0.39, 0.29) is 29.4 Å². The molecule has 3 unspecified atom stereocenters. The molecule has 1 amide bonds. The number of aromatic nitrogens is 1. The molecule has 31 heavy (non-hydrogen) atoms. The van der Waals surface area contributed by atoms with E-state index in [2.05, 4.69) is 10.3 Å². The summed E-state index contributed by atoms with van der Waals surface area (Å²) in [4.78, 5) is 16.6. The number of rotatable bonds is 10. The van der Waals surface area contributed by atoms with Crippen molar-refractivity contribution >= 4 is 32.4 Å². The van der Waals surface area contributed by atoms with Crippen LogP contribution in [0.3, 0.4) is 0 Å². The minimum absolute atomic E-state index is 0.0522. The first-order valence-electron chi connectivity index (χ1n) is 8.92. The second kappa shape index (κ2) is 10.4. The smallest absolute Gasteiger partial charge is 0.271 e. The summed E-state index contributed by atoms with van der Waals surface area (Å²) in [6, 6.07) is 1.61. The van der Waals surface area contributed by atoms with Gasteiger partial charge in [-0.3, -0.25) is 4.79 Å². The number of ether oxygens (including phenoxy) is 1. The first-order valence-corrected chi connectivity index (χ1v) is 11.7. The van der Waals surface area contributed by atoms with Gasteiger partial charge in [0.2, 0.25) is 10.0 Å². The van der Waals surface area contributed by atoms with Crippen LogP contribution in [0.25, 0.3) is 0 Å². The Morgan fingerprint density at radius 1 is 1.29 bits per heavy atom. The van der Waals surface area contributed by atoms with Crippen molar-refractivity contribution in [3.63, 3.8) is 0 Å². The van der Waals surface area contributed by atoms with E-state index in [4.69, 9.17) is 4.74 Å². The molecule has 9 nitrogen and oxygen atoms in total. The van der Waals surface area contributed by atoms with Crippen LogP contribution in [-0.4, -0.2) is 74.8 Å². The molecule has 0 fully saturated rings. The van der Waals surface area contributed by atoms with E-state index in [9.17, 15) is 32.2 Å². The van der Waals surface area contributed by atoms with Crippen molar-refractivity contribution in [3.05, 3.63) is 46.5 Å². The Bertz CT molecular complexity index is 997. The van der Waals surface area contributed by atoms with Gasteiger partial charge in [0.05, 0.1) is 18.9 Å². The van der Waals surface area contributed by atoms with Crippen LogP contribution in [0.5, 0.6) is 0 Å². The topological polar surface area (TPSA) is 129 Å². The van der Waals surface area contributed by atoms with Crippen molar-refractivity contribution < 1.29 is 36.9 Å². The van der Waals surface area contributed by atoms with E-state index in [1.165, 1.54) is 19.5 Å². The normalized spacial score (nSPS) is 14.7. The fourth-order valence-electron chi connectivity index (χ4n) is 2.67. The highest BCUT2D eigenvalue weighted by Crippen LogP contribution is 2.22. The maximum atomic E-state index is 13.5. The van der Waals surface area contributed by atoms with Gasteiger partial charge in [0.1, 0.15) is 29.5 Å². The van der Waals surface area contributed by atoms with Gasteiger partial charge in [0.15, 0.2) is 5.13 Å². The quantitative estimate of drug-likeness (QED) is 0.453. The number of hydrogen-bond donors (Lipinski definition) is 3. The molecule has 2 aromatic rings. The lowest BCUT2D eigenvalue weighted by atomic mass is 9.97. The Balaban J connectivity index is 2.25. The lowest BCUT2D eigenvalue weighted by molar-refractivity contribution is -0.0407. The maximum Gasteiger partial charge on any atom is 0.271 e. The molecule has 1 heterocycles. The molecule has 0 saturated carbocycles. The summed E-state index contributed by atoms with van der Waals surface area (Å²) >= 11 is 0.914. The summed E-state index contributed by atoms with van der Waals surface area (Å²) in [5.74, 6) is -2.44. The first kappa shape index (κ1) is 25.1. The van der Waals surface area contributed by atoms with Crippen LogP contribution in [0.4, 0.5) is 13.9 Å². The van der Waals surface area contributed by atoms with Gasteiger partial charge in [-0.2, -0.15) is 0 Å². The summed E-state index contributed by atoms with van der Waals surface area (Å²) in [5, 5.41) is 24.4. The number of aliphatic hydroxyl groups excluding tert-OH is 2. The van der Waals surface area contributed by atoms with E-state index in [0.717, 1.165) is 34.0 Å². The predicted molar refractivity (Wildman–Crippen MR) is 111 cm³/mol. The number of benzene rings is 1. The third-order valence-electron chi connectivity index (χ3n) is 4.33. The number of carbonyl (C=O) groups excluding carboxylic acids is 1. The van der Waals surface area contributed by atoms with Gasteiger partial charge in [0, 0.05) is 25.6 Å². The van der Waals surface area contributed by atoms with E-state index in [0.29, 0.717) is 6.07 Å². The van der Waals surface area contributed by atoms with Gasteiger partial charge in [-0.1, -0.05) is 0 Å². The van der Waals surface area contributed by atoms with Crippen molar-refractivity contribution in [1.82, 2.24) is 10.3 Å². The second-order valence-electron chi connectivity index (χ2n) is 6.82. The summed E-state index contributed by atoms with van der Waals surface area (Å²) in [5.41, 5.74) is 0.0154. The highest BCUT2D eigenvalue weighted by atomic mass is 32.2. The van der Waals surface area contributed by atoms with Crippen molar-refractivity contribution in [2.45, 2.75) is 24.7 Å². The number of nitrogens with zero attached hydrogens (tertiary/aromatic N) is 2. The third-order valence-corrected chi connectivity index (χ3v) is 6.53. The number of carbonyl (C=O) groups is 1. The number of sulfonamides is 1. The molecule has 0 aliphatic carbocycles. The van der Waals surface area contributed by atoms with Crippen LogP contribution in [-0.2, 0) is 21.2 Å². The number of amides is 1. The third kappa shape index (κ3) is 6.90. The van der Waals surface area contributed by atoms with E-state index in [1.807, 2.05) is 0 Å². The lowest BCUT2D eigenvalue weighted by Crippen LogP contribution is -2.51. The number of methoxy groups -OCH3 is 1. The van der Waals surface area contributed by atoms with Crippen LogP contribution < -0.4 is 9.62 Å². The van der Waals surface area contributed by atoms with Gasteiger partial charge >= 0.3 is 0 Å². The minimum Gasteiger partial charge on any atom is -0.388 e. The predicted octanol–water partition coefficient (Wildman–Crippen LogP) is 0.526. The summed E-state index contributed by atoms with van der Waals surface area (Å²) in [7, 11) is -0.994. The molecule has 3 N–H and O–H groups in total. The molecule has 1 aromatic carbocycles. The second-order valence-corrected chi connectivity index (χ2v) is 9.67. The monoisotopic (exact) mass is 479 g/mol. The number of thiazole rings is 1. The van der Waals surface area contributed by atoms with Crippen LogP contribution in [0.2, 0.25) is 0 Å². The molecule has 0 saturated heterocycles. The molecule has 0 bridgehead atoms. The number of halogens is 2. The SMILES string of the molecule is COCC(O)C(O)C(Cc1cc(F)cc(F)c1)NC(=O)c1csc(N(C)S(C)(=O)=O)n1. The Morgan fingerprint density at radius 3 is 2.45 bits per heavy atom. The molecular weight excluding hydrogens is 456 g/mol. The summed E-state index contributed by atoms with van der Waals surface area (Å²) in [6.45, 7) is -0.245. The Labute approximate surface area is 182 Å². The maximum absolute atomic E-state index is 13.5. The Kier molecular flexibility index (Phi) is 8.42. The highest BCUT2D eigenvalue weighted by molar-refractivity contribution is 7.92. The van der Waals surface area contributed by atoms with Crippen LogP contribution in [0.1, 0.15) is 16.1 Å². The molecular formula is C18H23F2N3O6S2. The van der Waals surface area contributed by atoms with Gasteiger partial charge in [-0.25, -0.2) is 26.5 Å². The average molecular weight is 480 g/mol. The zero-order chi connectivity index (χ0) is 23.3. The van der Waals surface area contributed by atoms with Crippen LogP contribution >= 0.6 is 11.3 Å².